The summed E-state index contributed by atoms with van der Waals surface area (Å²) in [5, 5.41) is 3.05. The van der Waals surface area contributed by atoms with Crippen LogP contribution in [0.5, 0.6) is 0 Å². The van der Waals surface area contributed by atoms with Crippen LogP contribution in [0.1, 0.15) is 12.8 Å². The maximum absolute atomic E-state index is 11.4. The molecule has 0 aliphatic carbocycles. The number of aromatic nitrogens is 2. The quantitative estimate of drug-likeness (QED) is 0.480. The first kappa shape index (κ1) is 13.3. The van der Waals surface area contributed by atoms with Crippen molar-refractivity contribution >= 4 is 39.2 Å². The molecule has 0 spiro atoms. The monoisotopic (exact) mass is 281 g/mol. The largest absolute Gasteiger partial charge is 0.349 e. The Labute approximate surface area is 114 Å². The molecule has 96 valence electrons. The van der Waals surface area contributed by atoms with Crippen LogP contribution in [-0.2, 0) is 4.79 Å². The first-order valence-electron chi connectivity index (χ1n) is 5.69. The Morgan fingerprint density at radius 2 is 2.28 bits per heavy atom. The second-order valence-electron chi connectivity index (χ2n) is 4.05. The molecule has 0 aromatic carbocycles. The molecular formula is C12H15N3OS2. The van der Waals surface area contributed by atoms with Gasteiger partial charge in [0.05, 0.1) is 10.2 Å². The van der Waals surface area contributed by atoms with E-state index in [1.165, 1.54) is 0 Å². The van der Waals surface area contributed by atoms with Crippen LogP contribution in [-0.4, -0.2) is 40.6 Å². The van der Waals surface area contributed by atoms with Crippen molar-refractivity contribution in [3.05, 3.63) is 17.8 Å². The van der Waals surface area contributed by atoms with Crippen LogP contribution in [0.2, 0.25) is 0 Å². The first-order valence-corrected chi connectivity index (χ1v) is 7.56. The fraction of sp³-hybridized carbons (Fsp3) is 0.417. The van der Waals surface area contributed by atoms with Gasteiger partial charge in [-0.25, -0.2) is 9.97 Å². The van der Waals surface area contributed by atoms with Crippen molar-refractivity contribution in [2.75, 3.05) is 19.8 Å². The summed E-state index contributed by atoms with van der Waals surface area (Å²) in [6.07, 6.45) is 3.07. The molecule has 6 heteroatoms. The zero-order chi connectivity index (χ0) is 13.0. The SMILES string of the molecule is CN(C)C(=O)CCCSc1ncnc2ccsc12. The van der Waals surface area contributed by atoms with Gasteiger partial charge in [0.25, 0.3) is 0 Å². The van der Waals surface area contributed by atoms with E-state index in [2.05, 4.69) is 9.97 Å². The van der Waals surface area contributed by atoms with Gasteiger partial charge < -0.3 is 4.90 Å². The minimum absolute atomic E-state index is 0.180. The predicted octanol–water partition coefficient (Wildman–Crippen LogP) is 2.65. The lowest BCUT2D eigenvalue weighted by atomic mass is 10.3. The van der Waals surface area contributed by atoms with Crippen LogP contribution in [0.15, 0.2) is 22.8 Å². The van der Waals surface area contributed by atoms with Gasteiger partial charge in [-0.15, -0.1) is 23.1 Å². The van der Waals surface area contributed by atoms with Crippen LogP contribution < -0.4 is 0 Å². The third-order valence-electron chi connectivity index (χ3n) is 2.48. The number of hydrogen-bond acceptors (Lipinski definition) is 5. The first-order chi connectivity index (χ1) is 8.68. The summed E-state index contributed by atoms with van der Waals surface area (Å²) in [6, 6.07) is 2.00. The summed E-state index contributed by atoms with van der Waals surface area (Å²) in [5.74, 6) is 1.09. The van der Waals surface area contributed by atoms with E-state index in [4.69, 9.17) is 0 Å². The highest BCUT2D eigenvalue weighted by Crippen LogP contribution is 2.29. The van der Waals surface area contributed by atoms with E-state index in [-0.39, 0.29) is 5.91 Å². The van der Waals surface area contributed by atoms with E-state index in [1.807, 2.05) is 11.4 Å². The van der Waals surface area contributed by atoms with Crippen LogP contribution >= 0.6 is 23.1 Å². The highest BCUT2D eigenvalue weighted by molar-refractivity contribution is 7.99. The number of carbonyl (C=O) groups is 1. The zero-order valence-corrected chi connectivity index (χ0v) is 12.1. The average Bonchev–Trinajstić information content (AvgIpc) is 2.83. The Kier molecular flexibility index (Phi) is 4.54. The Morgan fingerprint density at radius 1 is 1.44 bits per heavy atom. The number of fused-ring (bicyclic) bond motifs is 1. The van der Waals surface area contributed by atoms with Gasteiger partial charge in [0.15, 0.2) is 0 Å². The second kappa shape index (κ2) is 6.15. The van der Waals surface area contributed by atoms with E-state index in [9.17, 15) is 4.79 Å². The predicted molar refractivity (Wildman–Crippen MR) is 76.1 cm³/mol. The molecule has 0 aliphatic heterocycles. The van der Waals surface area contributed by atoms with Gasteiger partial charge in [0.2, 0.25) is 5.91 Å². The number of carbonyl (C=O) groups excluding carboxylic acids is 1. The Bertz CT molecular complexity index is 539. The van der Waals surface area contributed by atoms with E-state index < -0.39 is 0 Å². The molecule has 2 rings (SSSR count). The molecular weight excluding hydrogens is 266 g/mol. The molecule has 18 heavy (non-hydrogen) atoms. The lowest BCUT2D eigenvalue weighted by molar-refractivity contribution is -0.128. The molecule has 2 aromatic heterocycles. The number of thiophene rings is 1. The van der Waals surface area contributed by atoms with Gasteiger partial charge in [-0.1, -0.05) is 0 Å². The maximum Gasteiger partial charge on any atom is 0.222 e. The molecule has 0 saturated carbocycles. The third kappa shape index (κ3) is 3.20. The fourth-order valence-corrected chi connectivity index (χ4v) is 3.37. The second-order valence-corrected chi connectivity index (χ2v) is 6.05. The van der Waals surface area contributed by atoms with Gasteiger partial charge in [-0.2, -0.15) is 0 Å². The van der Waals surface area contributed by atoms with Crippen molar-refractivity contribution < 1.29 is 4.79 Å². The highest BCUT2D eigenvalue weighted by Gasteiger charge is 2.07. The molecule has 0 N–H and O–H groups in total. The molecule has 2 heterocycles. The molecule has 0 atom stereocenters. The number of thioether (sulfide) groups is 1. The average molecular weight is 281 g/mol. The maximum atomic E-state index is 11.4. The summed E-state index contributed by atoms with van der Waals surface area (Å²) in [7, 11) is 3.57. The summed E-state index contributed by atoms with van der Waals surface area (Å²) < 4.78 is 1.14. The van der Waals surface area contributed by atoms with E-state index in [1.54, 1.807) is 48.4 Å². The lowest BCUT2D eigenvalue weighted by Gasteiger charge is -2.09. The molecule has 4 nitrogen and oxygen atoms in total. The Hall–Kier alpha value is -1.14. The van der Waals surface area contributed by atoms with Crippen LogP contribution in [0.25, 0.3) is 10.2 Å². The van der Waals surface area contributed by atoms with Crippen molar-refractivity contribution in [1.29, 1.82) is 0 Å². The zero-order valence-electron chi connectivity index (χ0n) is 10.4. The fourth-order valence-electron chi connectivity index (χ4n) is 1.48. The minimum Gasteiger partial charge on any atom is -0.349 e. The molecule has 0 bridgehead atoms. The van der Waals surface area contributed by atoms with Crippen LogP contribution in [0.4, 0.5) is 0 Å². The Morgan fingerprint density at radius 3 is 3.06 bits per heavy atom. The van der Waals surface area contributed by atoms with Crippen LogP contribution in [0.3, 0.4) is 0 Å². The summed E-state index contributed by atoms with van der Waals surface area (Å²) in [4.78, 5) is 21.6. The highest BCUT2D eigenvalue weighted by atomic mass is 32.2. The third-order valence-corrected chi connectivity index (χ3v) is 4.60. The normalized spacial score (nSPS) is 10.8. The number of nitrogens with zero attached hydrogens (tertiary/aromatic N) is 3. The molecule has 0 unspecified atom stereocenters. The van der Waals surface area contributed by atoms with Gasteiger partial charge >= 0.3 is 0 Å². The lowest BCUT2D eigenvalue weighted by Crippen LogP contribution is -2.21. The van der Waals surface area contributed by atoms with E-state index in [0.29, 0.717) is 6.42 Å². The molecule has 2 aromatic rings. The van der Waals surface area contributed by atoms with Gasteiger partial charge in [-0.3, -0.25) is 4.79 Å². The molecule has 0 saturated heterocycles. The summed E-state index contributed by atoms with van der Waals surface area (Å²) >= 11 is 3.36. The van der Waals surface area contributed by atoms with Crippen molar-refractivity contribution in [2.45, 2.75) is 17.9 Å². The number of amides is 1. The van der Waals surface area contributed by atoms with Gasteiger partial charge in [0, 0.05) is 26.3 Å². The molecule has 1 amide bonds. The Balaban J connectivity index is 1.87. The minimum atomic E-state index is 0.180. The van der Waals surface area contributed by atoms with Crippen molar-refractivity contribution in [1.82, 2.24) is 14.9 Å². The summed E-state index contributed by atoms with van der Waals surface area (Å²) in [5.41, 5.74) is 1.00. The topological polar surface area (TPSA) is 46.1 Å². The molecule has 0 aliphatic rings. The molecule has 0 radical (unpaired) electrons. The van der Waals surface area contributed by atoms with Crippen molar-refractivity contribution in [3.63, 3.8) is 0 Å². The van der Waals surface area contributed by atoms with Crippen molar-refractivity contribution in [3.8, 4) is 0 Å². The summed E-state index contributed by atoms with van der Waals surface area (Å²) in [6.45, 7) is 0. The molecule has 0 fully saturated rings. The van der Waals surface area contributed by atoms with Crippen molar-refractivity contribution in [2.24, 2.45) is 0 Å². The van der Waals surface area contributed by atoms with E-state index >= 15 is 0 Å². The van der Waals surface area contributed by atoms with E-state index in [0.717, 1.165) is 27.4 Å². The van der Waals surface area contributed by atoms with Crippen LogP contribution in [0, 0.1) is 0 Å². The number of rotatable bonds is 5. The van der Waals surface area contributed by atoms with Gasteiger partial charge in [0.1, 0.15) is 11.4 Å². The number of hydrogen-bond donors (Lipinski definition) is 0. The standard InChI is InChI=1S/C12H15N3OS2/c1-15(2)10(16)4-3-6-18-12-11-9(5-7-17-11)13-8-14-12/h5,7-8H,3-4,6H2,1-2H3. The smallest absolute Gasteiger partial charge is 0.222 e. The van der Waals surface area contributed by atoms with Gasteiger partial charge in [-0.05, 0) is 17.9 Å².